The minimum absolute atomic E-state index is 0.110. The molecule has 0 spiro atoms. The number of rotatable bonds is 7. The molecule has 0 unspecified atom stereocenters. The maximum absolute atomic E-state index is 13.0. The lowest BCUT2D eigenvalue weighted by Gasteiger charge is -2.50. The molecule has 40 heavy (non-hydrogen) atoms. The summed E-state index contributed by atoms with van der Waals surface area (Å²) in [4.78, 5) is 8.67. The number of pyridine rings is 2. The van der Waals surface area contributed by atoms with Gasteiger partial charge in [0.05, 0.1) is 11.5 Å². The SMILES string of the molecule is Cc1nc2c(c(C)c1OCc1ccc(C(F)(F)F)nc1)[C@](C(C)C)([C@@H]1CCC=C1O[Si](C)(C)C(C)(C)C)CCC2. The molecule has 0 N–H and O–H groups in total. The van der Waals surface area contributed by atoms with E-state index in [4.69, 9.17) is 14.1 Å². The summed E-state index contributed by atoms with van der Waals surface area (Å²) in [6.07, 6.45) is 4.26. The monoisotopic (exact) mass is 574 g/mol. The number of aryl methyl sites for hydroxylation is 2. The van der Waals surface area contributed by atoms with Crippen LogP contribution < -0.4 is 4.74 Å². The van der Waals surface area contributed by atoms with Crippen LogP contribution in [0.2, 0.25) is 18.1 Å². The lowest BCUT2D eigenvalue weighted by molar-refractivity contribution is -0.141. The minimum Gasteiger partial charge on any atom is -0.547 e. The number of nitrogens with zero attached hydrogens (tertiary/aromatic N) is 2. The average Bonchev–Trinajstić information content (AvgIpc) is 3.30. The number of halogens is 3. The predicted molar refractivity (Wildman–Crippen MR) is 156 cm³/mol. The van der Waals surface area contributed by atoms with Crippen molar-refractivity contribution in [3.8, 4) is 5.75 Å². The third-order valence-corrected chi connectivity index (χ3v) is 13.9. The second-order valence-electron chi connectivity index (χ2n) is 13.5. The number of alkyl halides is 3. The van der Waals surface area contributed by atoms with E-state index in [0.717, 1.165) is 66.6 Å². The van der Waals surface area contributed by atoms with Gasteiger partial charge >= 0.3 is 6.18 Å². The van der Waals surface area contributed by atoms with E-state index >= 15 is 0 Å². The number of hydrogen-bond acceptors (Lipinski definition) is 4. The maximum atomic E-state index is 13.0. The number of fused-ring (bicyclic) bond motifs is 1. The van der Waals surface area contributed by atoms with E-state index < -0.39 is 20.2 Å². The Bertz CT molecular complexity index is 1260. The fourth-order valence-electron chi connectivity index (χ4n) is 6.51. The number of hydrogen-bond donors (Lipinski definition) is 0. The summed E-state index contributed by atoms with van der Waals surface area (Å²) in [5.74, 6) is 2.51. The Hall–Kier alpha value is -2.35. The molecule has 0 aliphatic heterocycles. The summed E-state index contributed by atoms with van der Waals surface area (Å²) < 4.78 is 52.2. The normalized spacial score (nSPS) is 21.8. The van der Waals surface area contributed by atoms with Crippen LogP contribution in [-0.2, 0) is 29.0 Å². The molecular formula is C32H45F3N2O2Si. The molecular weight excluding hydrogens is 529 g/mol. The van der Waals surface area contributed by atoms with Crippen LogP contribution in [0.4, 0.5) is 13.2 Å². The van der Waals surface area contributed by atoms with Gasteiger partial charge in [-0.05, 0) is 93.3 Å². The minimum atomic E-state index is -4.46. The smallest absolute Gasteiger partial charge is 0.433 e. The second-order valence-corrected chi connectivity index (χ2v) is 18.2. The van der Waals surface area contributed by atoms with E-state index in [9.17, 15) is 13.2 Å². The van der Waals surface area contributed by atoms with Crippen molar-refractivity contribution in [3.63, 3.8) is 0 Å². The van der Waals surface area contributed by atoms with Crippen molar-refractivity contribution in [2.45, 2.75) is 117 Å². The second kappa shape index (κ2) is 10.8. The maximum Gasteiger partial charge on any atom is 0.433 e. The summed E-state index contributed by atoms with van der Waals surface area (Å²) >= 11 is 0. The molecule has 220 valence electrons. The molecule has 8 heteroatoms. The van der Waals surface area contributed by atoms with Gasteiger partial charge in [0.25, 0.3) is 0 Å². The first-order chi connectivity index (χ1) is 18.5. The van der Waals surface area contributed by atoms with Gasteiger partial charge in [-0.15, -0.1) is 0 Å². The first kappa shape index (κ1) is 30.6. The fourth-order valence-corrected chi connectivity index (χ4v) is 7.63. The molecule has 0 fully saturated rings. The van der Waals surface area contributed by atoms with Gasteiger partial charge in [0.1, 0.15) is 18.1 Å². The van der Waals surface area contributed by atoms with Crippen molar-refractivity contribution in [2.24, 2.45) is 11.8 Å². The van der Waals surface area contributed by atoms with Crippen molar-refractivity contribution >= 4 is 8.32 Å². The van der Waals surface area contributed by atoms with E-state index in [1.807, 2.05) is 6.92 Å². The molecule has 2 aliphatic rings. The van der Waals surface area contributed by atoms with E-state index in [0.29, 0.717) is 11.5 Å². The zero-order valence-corrected chi connectivity index (χ0v) is 26.6. The molecule has 0 saturated carbocycles. The fraction of sp³-hybridized carbons (Fsp3) is 0.625. The van der Waals surface area contributed by atoms with Crippen LogP contribution in [0.25, 0.3) is 0 Å². The quantitative estimate of drug-likeness (QED) is 0.309. The Morgan fingerprint density at radius 3 is 2.40 bits per heavy atom. The highest BCUT2D eigenvalue weighted by atomic mass is 28.4. The standard InChI is InChI=1S/C32H45F3N2O2Si/c1-20(2)31(24-12-10-14-26(24)39-40(8,9)30(5,6)7)17-11-13-25-28(31)21(3)29(22(4)37-25)38-19-23-15-16-27(36-18-23)32(33,34)35/h14-16,18,20,24H,10-13,17,19H2,1-9H3/t24-,31-/m1/s1. The Morgan fingerprint density at radius 2 is 1.82 bits per heavy atom. The van der Waals surface area contributed by atoms with Crippen LogP contribution in [0.5, 0.6) is 5.75 Å². The van der Waals surface area contributed by atoms with E-state index in [1.54, 1.807) is 0 Å². The molecule has 2 aromatic heterocycles. The summed E-state index contributed by atoms with van der Waals surface area (Å²) in [5.41, 5.74) is 3.90. The zero-order chi connectivity index (χ0) is 29.7. The van der Waals surface area contributed by atoms with Crippen LogP contribution in [0.3, 0.4) is 0 Å². The van der Waals surface area contributed by atoms with Gasteiger partial charge in [-0.25, -0.2) is 0 Å². The Morgan fingerprint density at radius 1 is 1.12 bits per heavy atom. The molecule has 0 amide bonds. The van der Waals surface area contributed by atoms with Crippen LogP contribution in [0, 0.1) is 25.7 Å². The van der Waals surface area contributed by atoms with Crippen molar-refractivity contribution in [1.82, 2.24) is 9.97 Å². The Kier molecular flexibility index (Phi) is 8.27. The molecule has 0 aromatic carbocycles. The van der Waals surface area contributed by atoms with E-state index in [-0.39, 0.29) is 23.0 Å². The highest BCUT2D eigenvalue weighted by Gasteiger charge is 2.52. The number of aromatic nitrogens is 2. The largest absolute Gasteiger partial charge is 0.547 e. The highest BCUT2D eigenvalue weighted by Crippen LogP contribution is 2.56. The van der Waals surface area contributed by atoms with Crippen molar-refractivity contribution in [3.05, 3.63) is 63.9 Å². The third kappa shape index (κ3) is 5.57. The lowest BCUT2D eigenvalue weighted by Crippen LogP contribution is -2.47. The van der Waals surface area contributed by atoms with Crippen LogP contribution in [-0.4, -0.2) is 18.3 Å². The van der Waals surface area contributed by atoms with Crippen LogP contribution >= 0.6 is 0 Å². The van der Waals surface area contributed by atoms with E-state index in [2.05, 4.69) is 65.7 Å². The average molecular weight is 575 g/mol. The van der Waals surface area contributed by atoms with Gasteiger partial charge in [-0.1, -0.05) is 40.7 Å². The highest BCUT2D eigenvalue weighted by molar-refractivity contribution is 6.74. The zero-order valence-electron chi connectivity index (χ0n) is 25.6. The van der Waals surface area contributed by atoms with Crippen LogP contribution in [0.1, 0.15) is 94.1 Å². The van der Waals surface area contributed by atoms with Crippen LogP contribution in [0.15, 0.2) is 30.2 Å². The molecule has 2 aliphatic carbocycles. The van der Waals surface area contributed by atoms with Gasteiger partial charge in [-0.3, -0.25) is 9.97 Å². The summed E-state index contributed by atoms with van der Waals surface area (Å²) in [5, 5.41) is 0.110. The number of ether oxygens (including phenoxy) is 1. The lowest BCUT2D eigenvalue weighted by atomic mass is 9.56. The van der Waals surface area contributed by atoms with Gasteiger partial charge < -0.3 is 9.16 Å². The Labute approximate surface area is 238 Å². The van der Waals surface area contributed by atoms with E-state index in [1.165, 1.54) is 17.8 Å². The summed E-state index contributed by atoms with van der Waals surface area (Å²) in [6.45, 7) is 20.3. The molecule has 4 rings (SSSR count). The van der Waals surface area contributed by atoms with Crippen molar-refractivity contribution in [1.29, 1.82) is 0 Å². The van der Waals surface area contributed by atoms with Gasteiger partial charge in [-0.2, -0.15) is 13.2 Å². The van der Waals surface area contributed by atoms with Gasteiger partial charge in [0.2, 0.25) is 8.32 Å². The molecule has 0 saturated heterocycles. The van der Waals surface area contributed by atoms with Gasteiger partial charge in [0.15, 0.2) is 0 Å². The third-order valence-electron chi connectivity index (χ3n) is 9.58. The Balaban J connectivity index is 1.72. The molecule has 2 aromatic rings. The van der Waals surface area contributed by atoms with Gasteiger partial charge in [0, 0.05) is 28.8 Å². The molecule has 0 bridgehead atoms. The topological polar surface area (TPSA) is 44.2 Å². The summed E-state index contributed by atoms with van der Waals surface area (Å²) in [6, 6.07) is 2.43. The van der Waals surface area contributed by atoms with Crippen molar-refractivity contribution in [2.75, 3.05) is 0 Å². The summed E-state index contributed by atoms with van der Waals surface area (Å²) in [7, 11) is -2.02. The van der Waals surface area contributed by atoms with Crippen molar-refractivity contribution < 1.29 is 22.3 Å². The first-order valence-electron chi connectivity index (χ1n) is 14.5. The molecule has 2 atom stereocenters. The molecule has 2 heterocycles. The molecule has 0 radical (unpaired) electrons. The number of allylic oxidation sites excluding steroid dienone is 2. The first-order valence-corrected chi connectivity index (χ1v) is 17.4. The molecule has 4 nitrogen and oxygen atoms in total. The predicted octanol–water partition coefficient (Wildman–Crippen LogP) is 9.24.